The number of hydrogen-bond acceptors (Lipinski definition) is 2. The van der Waals surface area contributed by atoms with Crippen LogP contribution in [0.1, 0.15) is 47.2 Å². The standard InChI is InChI=1S/C14H16O4/c1-9-4-5-10(8-11(9)12(15)16)14(13(17)18)6-2-3-7-14/h4-5,8H,2-3,6-7H2,1H3,(H,15,16)(H,17,18). The quantitative estimate of drug-likeness (QED) is 0.862. The summed E-state index contributed by atoms with van der Waals surface area (Å²) in [5, 5.41) is 18.6. The van der Waals surface area contributed by atoms with Crippen LogP contribution in [-0.4, -0.2) is 22.2 Å². The number of benzene rings is 1. The lowest BCUT2D eigenvalue weighted by molar-refractivity contribution is -0.143. The van der Waals surface area contributed by atoms with Gasteiger partial charge in [-0.25, -0.2) is 4.79 Å². The molecule has 0 unspecified atom stereocenters. The van der Waals surface area contributed by atoms with E-state index in [1.807, 2.05) is 0 Å². The fraction of sp³-hybridized carbons (Fsp3) is 0.429. The van der Waals surface area contributed by atoms with Gasteiger partial charge in [0.2, 0.25) is 0 Å². The molecule has 1 saturated carbocycles. The summed E-state index contributed by atoms with van der Waals surface area (Å²) >= 11 is 0. The molecule has 1 aromatic carbocycles. The van der Waals surface area contributed by atoms with E-state index >= 15 is 0 Å². The third-order valence-electron chi connectivity index (χ3n) is 3.89. The Labute approximate surface area is 105 Å². The van der Waals surface area contributed by atoms with Gasteiger partial charge in [-0.15, -0.1) is 0 Å². The highest BCUT2D eigenvalue weighted by atomic mass is 16.4. The maximum absolute atomic E-state index is 11.5. The zero-order valence-electron chi connectivity index (χ0n) is 10.3. The van der Waals surface area contributed by atoms with E-state index in [-0.39, 0.29) is 5.56 Å². The largest absolute Gasteiger partial charge is 0.481 e. The molecule has 0 aromatic heterocycles. The van der Waals surface area contributed by atoms with E-state index in [4.69, 9.17) is 5.11 Å². The lowest BCUT2D eigenvalue weighted by Crippen LogP contribution is -2.32. The number of hydrogen-bond donors (Lipinski definition) is 2. The van der Waals surface area contributed by atoms with Gasteiger partial charge in [0, 0.05) is 0 Å². The van der Waals surface area contributed by atoms with E-state index in [1.54, 1.807) is 19.1 Å². The number of carboxylic acid groups (broad SMARTS) is 2. The molecule has 0 saturated heterocycles. The first-order chi connectivity index (χ1) is 8.47. The van der Waals surface area contributed by atoms with Crippen molar-refractivity contribution in [3.8, 4) is 0 Å². The molecule has 4 heteroatoms. The van der Waals surface area contributed by atoms with Crippen molar-refractivity contribution in [2.75, 3.05) is 0 Å². The van der Waals surface area contributed by atoms with Crippen LogP contribution < -0.4 is 0 Å². The molecule has 4 nitrogen and oxygen atoms in total. The molecular weight excluding hydrogens is 232 g/mol. The smallest absolute Gasteiger partial charge is 0.335 e. The van der Waals surface area contributed by atoms with E-state index in [0.29, 0.717) is 24.0 Å². The van der Waals surface area contributed by atoms with Crippen molar-refractivity contribution in [2.45, 2.75) is 38.0 Å². The summed E-state index contributed by atoms with van der Waals surface area (Å²) in [5.41, 5.74) is 0.582. The van der Waals surface area contributed by atoms with Crippen LogP contribution >= 0.6 is 0 Å². The minimum absolute atomic E-state index is 0.194. The van der Waals surface area contributed by atoms with Crippen molar-refractivity contribution >= 4 is 11.9 Å². The Bertz CT molecular complexity index is 499. The molecule has 0 heterocycles. The van der Waals surface area contributed by atoms with Gasteiger partial charge in [0.1, 0.15) is 0 Å². The highest BCUT2D eigenvalue weighted by Gasteiger charge is 2.43. The normalized spacial score (nSPS) is 17.6. The number of rotatable bonds is 3. The Morgan fingerprint density at radius 1 is 1.17 bits per heavy atom. The predicted molar refractivity (Wildman–Crippen MR) is 65.9 cm³/mol. The molecule has 0 aliphatic heterocycles. The topological polar surface area (TPSA) is 74.6 Å². The van der Waals surface area contributed by atoms with Gasteiger partial charge in [-0.05, 0) is 37.0 Å². The molecule has 18 heavy (non-hydrogen) atoms. The average Bonchev–Trinajstić information content (AvgIpc) is 2.79. The fourth-order valence-corrected chi connectivity index (χ4v) is 2.75. The highest BCUT2D eigenvalue weighted by molar-refractivity contribution is 5.90. The Hall–Kier alpha value is -1.84. The molecule has 1 aliphatic carbocycles. The van der Waals surface area contributed by atoms with Gasteiger partial charge >= 0.3 is 11.9 Å². The summed E-state index contributed by atoms with van der Waals surface area (Å²) in [4.78, 5) is 22.7. The van der Waals surface area contributed by atoms with Crippen molar-refractivity contribution < 1.29 is 19.8 Å². The second kappa shape index (κ2) is 4.44. The summed E-state index contributed by atoms with van der Waals surface area (Å²) in [5.74, 6) is -1.85. The number of aromatic carboxylic acids is 1. The maximum Gasteiger partial charge on any atom is 0.335 e. The molecule has 0 amide bonds. The van der Waals surface area contributed by atoms with Crippen molar-refractivity contribution in [3.05, 3.63) is 34.9 Å². The van der Waals surface area contributed by atoms with E-state index in [0.717, 1.165) is 12.8 Å². The first-order valence-corrected chi connectivity index (χ1v) is 6.05. The van der Waals surface area contributed by atoms with Crippen LogP contribution in [0.5, 0.6) is 0 Å². The number of carbonyl (C=O) groups is 2. The summed E-state index contributed by atoms with van der Waals surface area (Å²) in [7, 11) is 0. The lowest BCUT2D eigenvalue weighted by atomic mass is 9.78. The number of carboxylic acids is 2. The van der Waals surface area contributed by atoms with E-state index < -0.39 is 17.4 Å². The fourth-order valence-electron chi connectivity index (χ4n) is 2.75. The number of aryl methyl sites for hydroxylation is 1. The minimum atomic E-state index is -1.01. The van der Waals surface area contributed by atoms with Crippen molar-refractivity contribution in [1.29, 1.82) is 0 Å². The van der Waals surface area contributed by atoms with Crippen LogP contribution in [0.3, 0.4) is 0 Å². The maximum atomic E-state index is 11.5. The molecule has 0 atom stereocenters. The molecule has 1 fully saturated rings. The van der Waals surface area contributed by atoms with Crippen LogP contribution in [0.4, 0.5) is 0 Å². The Balaban J connectivity index is 2.53. The highest BCUT2D eigenvalue weighted by Crippen LogP contribution is 2.41. The second-order valence-corrected chi connectivity index (χ2v) is 4.93. The van der Waals surface area contributed by atoms with Crippen molar-refractivity contribution in [1.82, 2.24) is 0 Å². The van der Waals surface area contributed by atoms with Crippen LogP contribution in [-0.2, 0) is 10.2 Å². The van der Waals surface area contributed by atoms with Gasteiger partial charge in [0.25, 0.3) is 0 Å². The van der Waals surface area contributed by atoms with Crippen LogP contribution in [0.2, 0.25) is 0 Å². The zero-order valence-corrected chi connectivity index (χ0v) is 10.3. The van der Waals surface area contributed by atoms with Crippen molar-refractivity contribution in [2.24, 2.45) is 0 Å². The van der Waals surface area contributed by atoms with E-state index in [2.05, 4.69) is 0 Å². The van der Waals surface area contributed by atoms with Crippen LogP contribution in [0, 0.1) is 6.92 Å². The molecular formula is C14H16O4. The van der Waals surface area contributed by atoms with Gasteiger partial charge in [-0.2, -0.15) is 0 Å². The van der Waals surface area contributed by atoms with E-state index in [9.17, 15) is 14.7 Å². The number of aliphatic carboxylic acids is 1. The van der Waals surface area contributed by atoms with Crippen molar-refractivity contribution in [3.63, 3.8) is 0 Å². The Morgan fingerprint density at radius 2 is 1.78 bits per heavy atom. The SMILES string of the molecule is Cc1ccc(C2(C(=O)O)CCCC2)cc1C(=O)O. The van der Waals surface area contributed by atoms with Gasteiger partial charge in [0.15, 0.2) is 0 Å². The molecule has 0 radical (unpaired) electrons. The third kappa shape index (κ3) is 1.88. The summed E-state index contributed by atoms with van der Waals surface area (Å²) in [6.07, 6.45) is 2.93. The summed E-state index contributed by atoms with van der Waals surface area (Å²) in [6.45, 7) is 1.72. The zero-order chi connectivity index (χ0) is 13.3. The Kier molecular flexibility index (Phi) is 3.11. The van der Waals surface area contributed by atoms with Gasteiger partial charge in [-0.1, -0.05) is 25.0 Å². The molecule has 96 valence electrons. The van der Waals surface area contributed by atoms with Crippen LogP contribution in [0.25, 0.3) is 0 Å². The minimum Gasteiger partial charge on any atom is -0.481 e. The third-order valence-corrected chi connectivity index (χ3v) is 3.89. The van der Waals surface area contributed by atoms with Gasteiger partial charge in [0.05, 0.1) is 11.0 Å². The molecule has 0 spiro atoms. The molecule has 2 N–H and O–H groups in total. The van der Waals surface area contributed by atoms with Gasteiger partial charge < -0.3 is 10.2 Å². The summed E-state index contributed by atoms with van der Waals surface area (Å²) < 4.78 is 0. The molecule has 2 rings (SSSR count). The van der Waals surface area contributed by atoms with Crippen LogP contribution in [0.15, 0.2) is 18.2 Å². The van der Waals surface area contributed by atoms with E-state index in [1.165, 1.54) is 6.07 Å². The molecule has 0 bridgehead atoms. The Morgan fingerprint density at radius 3 is 2.28 bits per heavy atom. The average molecular weight is 248 g/mol. The molecule has 1 aliphatic rings. The first-order valence-electron chi connectivity index (χ1n) is 6.05. The second-order valence-electron chi connectivity index (χ2n) is 4.93. The first kappa shape index (κ1) is 12.6. The lowest BCUT2D eigenvalue weighted by Gasteiger charge is -2.25. The van der Waals surface area contributed by atoms with Gasteiger partial charge in [-0.3, -0.25) is 4.79 Å². The predicted octanol–water partition coefficient (Wildman–Crippen LogP) is 2.59. The molecule has 1 aromatic rings. The summed E-state index contributed by atoms with van der Waals surface area (Å²) in [6, 6.07) is 4.97. The monoisotopic (exact) mass is 248 g/mol.